The lowest BCUT2D eigenvalue weighted by molar-refractivity contribution is 0.0928. The van der Waals surface area contributed by atoms with E-state index in [0.29, 0.717) is 11.6 Å². The van der Waals surface area contributed by atoms with Gasteiger partial charge in [-0.3, -0.25) is 4.79 Å². The molecule has 1 saturated carbocycles. The van der Waals surface area contributed by atoms with Crippen molar-refractivity contribution in [2.45, 2.75) is 24.9 Å². The predicted octanol–water partition coefficient (Wildman–Crippen LogP) is 1.91. The second-order valence-corrected chi connectivity index (χ2v) is 5.61. The fraction of sp³-hybridized carbons (Fsp3) is 0.400. The van der Waals surface area contributed by atoms with Gasteiger partial charge in [0.25, 0.3) is 5.91 Å². The minimum absolute atomic E-state index is 0.0162. The average molecular weight is 256 g/mol. The van der Waals surface area contributed by atoms with E-state index in [1.165, 1.54) is 6.42 Å². The summed E-state index contributed by atoms with van der Waals surface area (Å²) in [7, 11) is 0. The molecular formula is C15H16N2O2. The van der Waals surface area contributed by atoms with Gasteiger partial charge in [0.2, 0.25) is 0 Å². The largest absolute Gasteiger partial charge is 0.464 e. The third-order valence-electron chi connectivity index (χ3n) is 4.36. The number of furan rings is 1. The molecule has 1 aromatic carbocycles. The minimum atomic E-state index is 0.0162. The van der Waals surface area contributed by atoms with Gasteiger partial charge < -0.3 is 15.1 Å². The quantitative estimate of drug-likeness (QED) is 0.863. The highest BCUT2D eigenvalue weighted by Gasteiger charge is 2.39. The van der Waals surface area contributed by atoms with Crippen molar-refractivity contribution in [3.05, 3.63) is 36.1 Å². The molecule has 1 amide bonds. The molecule has 1 aromatic heterocycles. The van der Waals surface area contributed by atoms with Crippen molar-refractivity contribution in [2.75, 3.05) is 6.54 Å². The SMILES string of the molecule is O=C(NC1CC2CNC1C2)c1ccc2occc2c1. The van der Waals surface area contributed by atoms with Crippen LogP contribution in [0.1, 0.15) is 23.2 Å². The summed E-state index contributed by atoms with van der Waals surface area (Å²) in [6.45, 7) is 1.11. The summed E-state index contributed by atoms with van der Waals surface area (Å²) in [6.07, 6.45) is 3.95. The maximum Gasteiger partial charge on any atom is 0.251 e. The maximum atomic E-state index is 12.3. The molecular weight excluding hydrogens is 240 g/mol. The number of amides is 1. The van der Waals surface area contributed by atoms with Crippen LogP contribution < -0.4 is 10.6 Å². The minimum Gasteiger partial charge on any atom is -0.464 e. The van der Waals surface area contributed by atoms with Gasteiger partial charge in [-0.25, -0.2) is 0 Å². The molecule has 3 unspecified atom stereocenters. The van der Waals surface area contributed by atoms with E-state index in [1.54, 1.807) is 6.26 Å². The summed E-state index contributed by atoms with van der Waals surface area (Å²) in [6, 6.07) is 8.18. The summed E-state index contributed by atoms with van der Waals surface area (Å²) in [5.74, 6) is 0.758. The Morgan fingerprint density at radius 2 is 2.26 bits per heavy atom. The van der Waals surface area contributed by atoms with Crippen LogP contribution in [0.5, 0.6) is 0 Å². The summed E-state index contributed by atoms with van der Waals surface area (Å²) in [4.78, 5) is 12.3. The van der Waals surface area contributed by atoms with Crippen molar-refractivity contribution >= 4 is 16.9 Å². The van der Waals surface area contributed by atoms with Gasteiger partial charge in [0.1, 0.15) is 5.58 Å². The number of carbonyl (C=O) groups is 1. The third kappa shape index (κ3) is 1.83. The van der Waals surface area contributed by atoms with Crippen LogP contribution in [0.2, 0.25) is 0 Å². The molecule has 1 aliphatic heterocycles. The molecule has 2 aromatic rings. The molecule has 2 fully saturated rings. The zero-order chi connectivity index (χ0) is 12.8. The van der Waals surface area contributed by atoms with Crippen LogP contribution in [0.15, 0.2) is 34.9 Å². The van der Waals surface area contributed by atoms with E-state index in [4.69, 9.17) is 4.42 Å². The van der Waals surface area contributed by atoms with Gasteiger partial charge in [0, 0.05) is 23.0 Å². The number of fused-ring (bicyclic) bond motifs is 3. The summed E-state index contributed by atoms with van der Waals surface area (Å²) >= 11 is 0. The Morgan fingerprint density at radius 3 is 3.05 bits per heavy atom. The molecule has 4 rings (SSSR count). The highest BCUT2D eigenvalue weighted by atomic mass is 16.3. The Kier molecular flexibility index (Phi) is 2.38. The second kappa shape index (κ2) is 4.10. The lowest BCUT2D eigenvalue weighted by Crippen LogP contribution is -2.47. The molecule has 0 radical (unpaired) electrons. The Bertz CT molecular complexity index is 634. The number of carbonyl (C=O) groups excluding carboxylic acids is 1. The van der Waals surface area contributed by atoms with Crippen LogP contribution in [-0.2, 0) is 0 Å². The molecule has 2 bridgehead atoms. The third-order valence-corrected chi connectivity index (χ3v) is 4.36. The normalized spacial score (nSPS) is 28.9. The molecule has 2 heterocycles. The first-order valence-electron chi connectivity index (χ1n) is 6.81. The average Bonchev–Trinajstić information content (AvgIpc) is 3.13. The molecule has 98 valence electrons. The van der Waals surface area contributed by atoms with Gasteiger partial charge in [0.05, 0.1) is 6.26 Å². The van der Waals surface area contributed by atoms with Gasteiger partial charge in [0.15, 0.2) is 0 Å². The van der Waals surface area contributed by atoms with Gasteiger partial charge in [-0.05, 0) is 49.6 Å². The zero-order valence-corrected chi connectivity index (χ0v) is 10.6. The lowest BCUT2D eigenvalue weighted by Gasteiger charge is -2.23. The first kappa shape index (κ1) is 11.1. The maximum absolute atomic E-state index is 12.3. The number of hydrogen-bond acceptors (Lipinski definition) is 3. The lowest BCUT2D eigenvalue weighted by atomic mass is 10.1. The Morgan fingerprint density at radius 1 is 1.32 bits per heavy atom. The smallest absolute Gasteiger partial charge is 0.251 e. The molecule has 19 heavy (non-hydrogen) atoms. The van der Waals surface area contributed by atoms with Crippen LogP contribution in [-0.4, -0.2) is 24.5 Å². The summed E-state index contributed by atoms with van der Waals surface area (Å²) in [5, 5.41) is 7.58. The van der Waals surface area contributed by atoms with Crippen LogP contribution >= 0.6 is 0 Å². The predicted molar refractivity (Wildman–Crippen MR) is 72.0 cm³/mol. The number of rotatable bonds is 2. The standard InChI is InChI=1S/C15H16N2O2/c18-15(17-13-6-9-5-12(13)16-8-9)11-1-2-14-10(7-11)3-4-19-14/h1-4,7,9,12-13,16H,5-6,8H2,(H,17,18). The van der Waals surface area contributed by atoms with Gasteiger partial charge in [-0.15, -0.1) is 0 Å². The van der Waals surface area contributed by atoms with E-state index in [1.807, 2.05) is 24.3 Å². The summed E-state index contributed by atoms with van der Waals surface area (Å²) < 4.78 is 5.28. The van der Waals surface area contributed by atoms with E-state index in [9.17, 15) is 4.79 Å². The van der Waals surface area contributed by atoms with Crippen molar-refractivity contribution in [1.82, 2.24) is 10.6 Å². The number of benzene rings is 1. The molecule has 0 spiro atoms. The van der Waals surface area contributed by atoms with E-state index in [-0.39, 0.29) is 11.9 Å². The number of piperidine rings is 1. The van der Waals surface area contributed by atoms with Crippen LogP contribution in [0.4, 0.5) is 0 Å². The Labute approximate surface area is 111 Å². The molecule has 1 aliphatic carbocycles. The first-order chi connectivity index (χ1) is 9.29. The number of hydrogen-bond donors (Lipinski definition) is 2. The molecule has 4 heteroatoms. The van der Waals surface area contributed by atoms with E-state index in [0.717, 1.165) is 29.9 Å². The van der Waals surface area contributed by atoms with Gasteiger partial charge >= 0.3 is 0 Å². The fourth-order valence-electron chi connectivity index (χ4n) is 3.37. The van der Waals surface area contributed by atoms with E-state index >= 15 is 0 Å². The summed E-state index contributed by atoms with van der Waals surface area (Å²) in [5.41, 5.74) is 1.52. The fourth-order valence-corrected chi connectivity index (χ4v) is 3.37. The van der Waals surface area contributed by atoms with E-state index in [2.05, 4.69) is 10.6 Å². The van der Waals surface area contributed by atoms with Crippen molar-refractivity contribution in [1.29, 1.82) is 0 Å². The number of nitrogens with one attached hydrogen (secondary N) is 2. The highest BCUT2D eigenvalue weighted by Crippen LogP contribution is 2.31. The zero-order valence-electron chi connectivity index (χ0n) is 10.6. The Hall–Kier alpha value is -1.81. The molecule has 2 aliphatic rings. The topological polar surface area (TPSA) is 54.3 Å². The van der Waals surface area contributed by atoms with Gasteiger partial charge in [-0.1, -0.05) is 0 Å². The molecule has 3 atom stereocenters. The van der Waals surface area contributed by atoms with Crippen molar-refractivity contribution in [3.8, 4) is 0 Å². The Balaban J connectivity index is 1.53. The second-order valence-electron chi connectivity index (χ2n) is 5.61. The monoisotopic (exact) mass is 256 g/mol. The van der Waals surface area contributed by atoms with E-state index < -0.39 is 0 Å². The molecule has 2 N–H and O–H groups in total. The molecule has 4 nitrogen and oxygen atoms in total. The van der Waals surface area contributed by atoms with Gasteiger partial charge in [-0.2, -0.15) is 0 Å². The van der Waals surface area contributed by atoms with Crippen molar-refractivity contribution in [2.24, 2.45) is 5.92 Å². The van der Waals surface area contributed by atoms with Crippen LogP contribution in [0.3, 0.4) is 0 Å². The van der Waals surface area contributed by atoms with Crippen LogP contribution in [0, 0.1) is 5.92 Å². The first-order valence-corrected chi connectivity index (χ1v) is 6.81. The van der Waals surface area contributed by atoms with Crippen molar-refractivity contribution < 1.29 is 9.21 Å². The van der Waals surface area contributed by atoms with Crippen molar-refractivity contribution in [3.63, 3.8) is 0 Å². The molecule has 1 saturated heterocycles. The van der Waals surface area contributed by atoms with Crippen LogP contribution in [0.25, 0.3) is 11.0 Å². The highest BCUT2D eigenvalue weighted by molar-refractivity contribution is 5.97.